The van der Waals surface area contributed by atoms with Crippen LogP contribution in [0.1, 0.15) is 27.2 Å². The smallest absolute Gasteiger partial charge is 0.410 e. The molecule has 1 aromatic rings. The summed E-state index contributed by atoms with van der Waals surface area (Å²) in [5.74, 6) is 0.541. The van der Waals surface area contributed by atoms with Crippen LogP contribution in [-0.4, -0.2) is 47.8 Å². The molecule has 1 unspecified atom stereocenters. The monoisotopic (exact) mass is 371 g/mol. The predicted molar refractivity (Wildman–Crippen MR) is 88.3 cm³/mol. The third kappa shape index (κ3) is 4.50. The summed E-state index contributed by atoms with van der Waals surface area (Å²) >= 11 is 3.40. The van der Waals surface area contributed by atoms with Gasteiger partial charge in [-0.3, -0.25) is 0 Å². The summed E-state index contributed by atoms with van der Waals surface area (Å²) in [5.41, 5.74) is 0.341. The maximum absolute atomic E-state index is 12.1. The van der Waals surface area contributed by atoms with Gasteiger partial charge in [-0.15, -0.1) is 0 Å². The number of nitrogens with zero attached hydrogens (tertiary/aromatic N) is 2. The molecule has 1 fully saturated rings. The second kappa shape index (κ2) is 6.73. The van der Waals surface area contributed by atoms with E-state index in [4.69, 9.17) is 9.47 Å². The molecule has 22 heavy (non-hydrogen) atoms. The van der Waals surface area contributed by atoms with E-state index >= 15 is 0 Å². The highest BCUT2D eigenvalue weighted by molar-refractivity contribution is 9.10. The summed E-state index contributed by atoms with van der Waals surface area (Å²) in [5, 5.41) is 3.38. The summed E-state index contributed by atoms with van der Waals surface area (Å²) in [7, 11) is 1.59. The van der Waals surface area contributed by atoms with Crippen LogP contribution in [0.2, 0.25) is 0 Å². The molecule has 0 bridgehead atoms. The zero-order chi connectivity index (χ0) is 16.3. The highest BCUT2D eigenvalue weighted by Gasteiger charge is 2.30. The molecule has 1 saturated heterocycles. The number of amides is 1. The normalized spacial score (nSPS) is 18.2. The Bertz CT molecular complexity index is 545. The zero-order valence-electron chi connectivity index (χ0n) is 13.4. The molecule has 0 saturated carbocycles. The first-order valence-electron chi connectivity index (χ1n) is 7.22. The largest absolute Gasteiger partial charge is 0.480 e. The molecule has 0 aromatic carbocycles. The van der Waals surface area contributed by atoms with Crippen molar-refractivity contribution in [3.63, 3.8) is 0 Å². The minimum Gasteiger partial charge on any atom is -0.480 e. The van der Waals surface area contributed by atoms with Crippen LogP contribution in [0.25, 0.3) is 0 Å². The van der Waals surface area contributed by atoms with Crippen LogP contribution >= 0.6 is 15.9 Å². The molecule has 1 aliphatic rings. The number of carbonyl (C=O) groups is 1. The molecule has 7 heteroatoms. The Kier molecular flexibility index (Phi) is 5.16. The fourth-order valence-electron chi connectivity index (χ4n) is 2.28. The Balaban J connectivity index is 1.97. The molecule has 6 nitrogen and oxygen atoms in total. The van der Waals surface area contributed by atoms with Crippen LogP contribution in [0.4, 0.5) is 10.5 Å². The van der Waals surface area contributed by atoms with Gasteiger partial charge in [-0.2, -0.15) is 0 Å². The number of hydrogen-bond donors (Lipinski definition) is 1. The van der Waals surface area contributed by atoms with Crippen LogP contribution in [0.5, 0.6) is 5.88 Å². The lowest BCUT2D eigenvalue weighted by atomic mass is 10.2. The number of hydrogen-bond acceptors (Lipinski definition) is 5. The third-order valence-corrected chi connectivity index (χ3v) is 3.64. The number of halogens is 1. The van der Waals surface area contributed by atoms with Crippen molar-refractivity contribution in [2.45, 2.75) is 38.8 Å². The average molecular weight is 372 g/mol. The van der Waals surface area contributed by atoms with Gasteiger partial charge in [-0.1, -0.05) is 0 Å². The summed E-state index contributed by atoms with van der Waals surface area (Å²) in [4.78, 5) is 18.0. The molecular formula is C15H22BrN3O3. The molecular weight excluding hydrogens is 350 g/mol. The van der Waals surface area contributed by atoms with Gasteiger partial charge >= 0.3 is 6.09 Å². The molecule has 2 rings (SSSR count). The molecule has 1 aliphatic heterocycles. The summed E-state index contributed by atoms with van der Waals surface area (Å²) in [6.07, 6.45) is 2.27. The quantitative estimate of drug-likeness (QED) is 0.882. The van der Waals surface area contributed by atoms with Crippen molar-refractivity contribution in [3.8, 4) is 5.88 Å². The summed E-state index contributed by atoms with van der Waals surface area (Å²) < 4.78 is 11.5. The van der Waals surface area contributed by atoms with Gasteiger partial charge in [0.25, 0.3) is 0 Å². The first kappa shape index (κ1) is 16.9. The minimum absolute atomic E-state index is 0.150. The number of aromatic nitrogens is 1. The highest BCUT2D eigenvalue weighted by Crippen LogP contribution is 2.27. The fraction of sp³-hybridized carbons (Fsp3) is 0.600. The van der Waals surface area contributed by atoms with Gasteiger partial charge in [0, 0.05) is 29.8 Å². The van der Waals surface area contributed by atoms with E-state index in [-0.39, 0.29) is 12.1 Å². The van der Waals surface area contributed by atoms with Crippen LogP contribution in [0, 0.1) is 0 Å². The molecule has 1 amide bonds. The molecule has 1 atom stereocenters. The Labute approximate surface area is 139 Å². The van der Waals surface area contributed by atoms with E-state index in [1.807, 2.05) is 26.8 Å². The van der Waals surface area contributed by atoms with E-state index in [1.54, 1.807) is 18.2 Å². The summed E-state index contributed by atoms with van der Waals surface area (Å²) in [6.45, 7) is 6.89. The number of likely N-dealkylation sites (tertiary alicyclic amines) is 1. The lowest BCUT2D eigenvalue weighted by molar-refractivity contribution is 0.0293. The minimum atomic E-state index is -0.472. The number of nitrogens with one attached hydrogen (secondary N) is 1. The topological polar surface area (TPSA) is 63.7 Å². The molecule has 1 N–H and O–H groups in total. The Morgan fingerprint density at radius 3 is 2.86 bits per heavy atom. The van der Waals surface area contributed by atoms with Crippen LogP contribution < -0.4 is 10.1 Å². The second-order valence-electron chi connectivity index (χ2n) is 6.27. The van der Waals surface area contributed by atoms with Crippen LogP contribution in [0.3, 0.4) is 0 Å². The number of carbonyl (C=O) groups excluding carboxylic acids is 1. The van der Waals surface area contributed by atoms with Gasteiger partial charge in [0.2, 0.25) is 5.88 Å². The van der Waals surface area contributed by atoms with E-state index in [9.17, 15) is 4.79 Å². The predicted octanol–water partition coefficient (Wildman–Crippen LogP) is 3.27. The second-order valence-corrected chi connectivity index (χ2v) is 7.18. The Morgan fingerprint density at radius 1 is 1.50 bits per heavy atom. The molecule has 0 spiro atoms. The van der Waals surface area contributed by atoms with Crippen LogP contribution in [0.15, 0.2) is 16.7 Å². The van der Waals surface area contributed by atoms with Gasteiger partial charge in [0.05, 0.1) is 12.8 Å². The van der Waals surface area contributed by atoms with Crippen molar-refractivity contribution in [1.29, 1.82) is 0 Å². The number of methoxy groups -OCH3 is 1. The van der Waals surface area contributed by atoms with Crippen molar-refractivity contribution in [2.24, 2.45) is 0 Å². The Morgan fingerprint density at radius 2 is 2.23 bits per heavy atom. The molecule has 0 radical (unpaired) electrons. The van der Waals surface area contributed by atoms with Crippen molar-refractivity contribution in [1.82, 2.24) is 9.88 Å². The van der Waals surface area contributed by atoms with E-state index in [1.165, 1.54) is 0 Å². The first-order chi connectivity index (χ1) is 10.3. The van der Waals surface area contributed by atoms with Crippen LogP contribution in [-0.2, 0) is 4.74 Å². The van der Waals surface area contributed by atoms with Gasteiger partial charge in [0.1, 0.15) is 5.60 Å². The molecule has 2 heterocycles. The standard InChI is InChI=1S/C15H22BrN3O3/c1-15(2,3)22-14(20)19-6-5-11(9-19)18-12-7-10(16)8-17-13(12)21-4/h7-8,11,18H,5-6,9H2,1-4H3. The van der Waals surface area contributed by atoms with E-state index in [0.717, 1.165) is 16.6 Å². The van der Waals surface area contributed by atoms with E-state index in [0.29, 0.717) is 19.0 Å². The number of pyridine rings is 1. The number of rotatable bonds is 3. The third-order valence-electron chi connectivity index (χ3n) is 3.21. The summed E-state index contributed by atoms with van der Waals surface area (Å²) in [6, 6.07) is 2.07. The van der Waals surface area contributed by atoms with Gasteiger partial charge in [-0.25, -0.2) is 9.78 Å². The zero-order valence-corrected chi connectivity index (χ0v) is 14.9. The van der Waals surface area contributed by atoms with E-state index in [2.05, 4.69) is 26.2 Å². The maximum Gasteiger partial charge on any atom is 0.410 e. The number of ether oxygens (including phenoxy) is 2. The number of anilines is 1. The lowest BCUT2D eigenvalue weighted by Crippen LogP contribution is -2.36. The molecule has 0 aliphatic carbocycles. The Hall–Kier alpha value is -1.50. The van der Waals surface area contributed by atoms with Crippen molar-refractivity contribution < 1.29 is 14.3 Å². The van der Waals surface area contributed by atoms with Gasteiger partial charge in [-0.05, 0) is 49.2 Å². The molecule has 122 valence electrons. The SMILES string of the molecule is COc1ncc(Br)cc1NC1CCN(C(=O)OC(C)(C)C)C1. The average Bonchev–Trinajstić information content (AvgIpc) is 2.86. The van der Waals surface area contributed by atoms with Gasteiger partial charge < -0.3 is 19.7 Å². The van der Waals surface area contributed by atoms with Crippen molar-refractivity contribution in [2.75, 3.05) is 25.5 Å². The lowest BCUT2D eigenvalue weighted by Gasteiger charge is -2.24. The van der Waals surface area contributed by atoms with Gasteiger partial charge in [0.15, 0.2) is 0 Å². The molecule has 1 aromatic heterocycles. The maximum atomic E-state index is 12.1. The van der Waals surface area contributed by atoms with Crippen molar-refractivity contribution >= 4 is 27.7 Å². The highest BCUT2D eigenvalue weighted by atomic mass is 79.9. The first-order valence-corrected chi connectivity index (χ1v) is 8.02. The van der Waals surface area contributed by atoms with E-state index < -0.39 is 5.60 Å². The fourth-order valence-corrected chi connectivity index (χ4v) is 2.61. The van der Waals surface area contributed by atoms with Crippen molar-refractivity contribution in [3.05, 3.63) is 16.7 Å².